The fourth-order valence-corrected chi connectivity index (χ4v) is 5.07. The van der Waals surface area contributed by atoms with E-state index in [9.17, 15) is 5.11 Å². The van der Waals surface area contributed by atoms with E-state index in [0.717, 1.165) is 11.4 Å². The zero-order valence-electron chi connectivity index (χ0n) is 15.2. The van der Waals surface area contributed by atoms with Crippen LogP contribution in [0.25, 0.3) is 0 Å². The van der Waals surface area contributed by atoms with Crippen LogP contribution in [0.1, 0.15) is 51.6 Å². The van der Waals surface area contributed by atoms with Gasteiger partial charge in [0.25, 0.3) is 0 Å². The second-order valence-electron chi connectivity index (χ2n) is 8.21. The van der Waals surface area contributed by atoms with Gasteiger partial charge in [0.15, 0.2) is 11.6 Å². The van der Waals surface area contributed by atoms with Crippen molar-refractivity contribution in [3.63, 3.8) is 0 Å². The summed E-state index contributed by atoms with van der Waals surface area (Å²) in [6, 6.07) is 0. The predicted octanol–water partition coefficient (Wildman–Crippen LogP) is 2.87. The highest BCUT2D eigenvalue weighted by Crippen LogP contribution is 2.50. The van der Waals surface area contributed by atoms with E-state index in [1.807, 2.05) is 33.1 Å². The molecule has 0 bridgehead atoms. The molecule has 25 heavy (non-hydrogen) atoms. The van der Waals surface area contributed by atoms with Gasteiger partial charge in [-0.1, -0.05) is 0 Å². The number of thiazole rings is 1. The molecule has 3 aliphatic rings. The topological polar surface area (TPSA) is 70.0 Å². The van der Waals surface area contributed by atoms with Crippen LogP contribution in [0.2, 0.25) is 0 Å². The smallest absolute Gasteiger partial charge is 0.163 e. The van der Waals surface area contributed by atoms with Crippen molar-refractivity contribution >= 4 is 11.3 Å². The molecule has 3 heterocycles. The van der Waals surface area contributed by atoms with Crippen LogP contribution in [0.3, 0.4) is 0 Å². The van der Waals surface area contributed by atoms with Crippen molar-refractivity contribution in [2.45, 2.75) is 76.5 Å². The van der Waals surface area contributed by atoms with Crippen LogP contribution in [0.15, 0.2) is 11.6 Å². The third-order valence-corrected chi connectivity index (χ3v) is 6.27. The molecule has 0 amide bonds. The summed E-state index contributed by atoms with van der Waals surface area (Å²) in [6.45, 7) is 8.36. The van der Waals surface area contributed by atoms with Gasteiger partial charge in [-0.05, 0) is 46.5 Å². The Bertz CT molecular complexity index is 605. The highest BCUT2D eigenvalue weighted by atomic mass is 32.1. The number of aliphatic hydroxyl groups is 1. The minimum absolute atomic E-state index is 0.00186. The molecule has 0 radical (unpaired) electrons. The number of hydrogen-bond donors (Lipinski definition) is 1. The molecular weight excluding hydrogens is 342 g/mol. The van der Waals surface area contributed by atoms with E-state index >= 15 is 0 Å². The van der Waals surface area contributed by atoms with Crippen LogP contribution in [-0.4, -0.2) is 46.6 Å². The minimum Gasteiger partial charge on any atom is -0.386 e. The van der Waals surface area contributed by atoms with Crippen molar-refractivity contribution in [1.29, 1.82) is 0 Å². The van der Waals surface area contributed by atoms with Crippen LogP contribution < -0.4 is 0 Å². The lowest BCUT2D eigenvalue weighted by Crippen LogP contribution is -2.35. The molecule has 2 saturated heterocycles. The van der Waals surface area contributed by atoms with Crippen molar-refractivity contribution in [3.8, 4) is 0 Å². The maximum absolute atomic E-state index is 10.6. The molecule has 140 valence electrons. The quantitative estimate of drug-likeness (QED) is 0.880. The number of aromatic nitrogens is 1. The molecule has 7 heteroatoms. The van der Waals surface area contributed by atoms with Gasteiger partial charge in [-0.3, -0.25) is 0 Å². The highest BCUT2D eigenvalue weighted by molar-refractivity contribution is 7.09. The summed E-state index contributed by atoms with van der Waals surface area (Å²) in [4.78, 5) is 4.24. The fraction of sp³-hybridized carbons (Fsp3) is 0.833. The summed E-state index contributed by atoms with van der Waals surface area (Å²) < 4.78 is 24.3. The predicted molar refractivity (Wildman–Crippen MR) is 92.0 cm³/mol. The summed E-state index contributed by atoms with van der Waals surface area (Å²) in [5.41, 5.74) is 0. The van der Waals surface area contributed by atoms with Crippen molar-refractivity contribution < 1.29 is 24.1 Å². The van der Waals surface area contributed by atoms with Gasteiger partial charge in [-0.25, -0.2) is 4.98 Å². The molecule has 0 aromatic carbocycles. The number of rotatable bonds is 4. The monoisotopic (exact) mass is 369 g/mol. The number of aliphatic hydroxyl groups excluding tert-OH is 1. The van der Waals surface area contributed by atoms with Gasteiger partial charge in [0.05, 0.1) is 24.9 Å². The Kier molecular flexibility index (Phi) is 4.46. The lowest BCUT2D eigenvalue weighted by molar-refractivity contribution is -0.175. The van der Waals surface area contributed by atoms with Gasteiger partial charge in [0, 0.05) is 17.5 Å². The van der Waals surface area contributed by atoms with Crippen molar-refractivity contribution in [3.05, 3.63) is 16.6 Å². The number of hydrogen-bond acceptors (Lipinski definition) is 7. The van der Waals surface area contributed by atoms with Crippen LogP contribution in [0.4, 0.5) is 0 Å². The Morgan fingerprint density at radius 1 is 1.20 bits per heavy atom. The third-order valence-electron chi connectivity index (χ3n) is 5.40. The summed E-state index contributed by atoms with van der Waals surface area (Å²) in [7, 11) is 0. The molecule has 1 saturated carbocycles. The Labute approximate surface area is 152 Å². The lowest BCUT2D eigenvalue weighted by atomic mass is 9.95. The van der Waals surface area contributed by atoms with Gasteiger partial charge in [0.1, 0.15) is 11.1 Å². The first kappa shape index (κ1) is 17.8. The Morgan fingerprint density at radius 2 is 1.96 bits per heavy atom. The van der Waals surface area contributed by atoms with Crippen molar-refractivity contribution in [1.82, 2.24) is 4.98 Å². The molecule has 4 rings (SSSR count). The van der Waals surface area contributed by atoms with E-state index in [4.69, 9.17) is 18.9 Å². The zero-order chi connectivity index (χ0) is 17.8. The number of ether oxygens (including phenoxy) is 4. The first-order valence-electron chi connectivity index (χ1n) is 8.99. The fourth-order valence-electron chi connectivity index (χ4n) is 4.44. The number of nitrogens with zero attached hydrogens (tertiary/aromatic N) is 1. The van der Waals surface area contributed by atoms with Gasteiger partial charge < -0.3 is 24.1 Å². The van der Waals surface area contributed by atoms with Crippen LogP contribution >= 0.6 is 11.3 Å². The molecule has 1 N–H and O–H groups in total. The number of fused-ring (bicyclic) bond motifs is 1. The van der Waals surface area contributed by atoms with Gasteiger partial charge >= 0.3 is 0 Å². The molecular formula is C18H27NO5S. The minimum atomic E-state index is -0.604. The second-order valence-corrected chi connectivity index (χ2v) is 9.14. The summed E-state index contributed by atoms with van der Waals surface area (Å²) in [5.74, 6) is -0.730. The average Bonchev–Trinajstić information content (AvgIpc) is 3.24. The average molecular weight is 369 g/mol. The van der Waals surface area contributed by atoms with Gasteiger partial charge in [0.2, 0.25) is 0 Å². The summed E-state index contributed by atoms with van der Waals surface area (Å²) in [5, 5.41) is 13.2. The standard InChI is InChI=1S/C18H27NO5S/c1-17(2)21-9-13(22-17)11-7-10(8-12(20)16-19-5-6-25-16)14-15(11)24-18(3,4)23-14/h5-6,10-15,20H,7-9H2,1-4H3/t10-,11+,12-,13?,14+,15-/m0/s1. The molecule has 0 spiro atoms. The van der Waals surface area contributed by atoms with Crippen LogP contribution in [0, 0.1) is 11.8 Å². The van der Waals surface area contributed by atoms with E-state index < -0.39 is 17.7 Å². The van der Waals surface area contributed by atoms with E-state index in [2.05, 4.69) is 4.98 Å². The van der Waals surface area contributed by atoms with E-state index in [1.165, 1.54) is 11.3 Å². The van der Waals surface area contributed by atoms with Crippen molar-refractivity contribution in [2.24, 2.45) is 11.8 Å². The maximum Gasteiger partial charge on any atom is 0.163 e. The van der Waals surface area contributed by atoms with Gasteiger partial charge in [-0.15, -0.1) is 11.3 Å². The van der Waals surface area contributed by atoms with Crippen LogP contribution in [-0.2, 0) is 18.9 Å². The third kappa shape index (κ3) is 3.50. The molecule has 3 fully saturated rings. The second kappa shape index (κ2) is 6.25. The molecule has 1 aromatic heterocycles. The summed E-state index contributed by atoms with van der Waals surface area (Å²) in [6.07, 6.45) is 2.65. The Hall–Kier alpha value is -0.570. The molecule has 1 unspecified atom stereocenters. The van der Waals surface area contributed by atoms with Gasteiger partial charge in [-0.2, -0.15) is 0 Å². The first-order chi connectivity index (χ1) is 11.7. The SMILES string of the molecule is CC1(C)OCC([C@H]2C[C@@H](C[C@H](O)c3nccs3)[C@H]3OC(C)(C)O[C@H]32)O1. The Morgan fingerprint density at radius 3 is 2.60 bits per heavy atom. The Balaban J connectivity index is 1.50. The summed E-state index contributed by atoms with van der Waals surface area (Å²) >= 11 is 1.49. The molecule has 1 aromatic rings. The van der Waals surface area contributed by atoms with E-state index in [-0.39, 0.29) is 30.1 Å². The zero-order valence-corrected chi connectivity index (χ0v) is 16.0. The first-order valence-corrected chi connectivity index (χ1v) is 9.87. The van der Waals surface area contributed by atoms with Crippen molar-refractivity contribution in [2.75, 3.05) is 6.61 Å². The van der Waals surface area contributed by atoms with E-state index in [0.29, 0.717) is 13.0 Å². The largest absolute Gasteiger partial charge is 0.386 e. The molecule has 1 aliphatic carbocycles. The lowest BCUT2D eigenvalue weighted by Gasteiger charge is -2.27. The molecule has 2 aliphatic heterocycles. The molecule has 6 nitrogen and oxygen atoms in total. The highest BCUT2D eigenvalue weighted by Gasteiger charge is 2.57. The normalized spacial score (nSPS) is 40.3. The van der Waals surface area contributed by atoms with Crippen LogP contribution in [0.5, 0.6) is 0 Å². The molecule has 6 atom stereocenters. The maximum atomic E-state index is 10.6. The van der Waals surface area contributed by atoms with E-state index in [1.54, 1.807) is 6.20 Å².